The third-order valence-corrected chi connectivity index (χ3v) is 6.75. The number of nitrogens with one attached hydrogen (secondary N) is 1. The lowest BCUT2D eigenvalue weighted by Gasteiger charge is -2.32. The average Bonchev–Trinajstić information content (AvgIpc) is 3.34. The molecule has 1 amide bonds. The van der Waals surface area contributed by atoms with Crippen molar-refractivity contribution in [3.8, 4) is 5.75 Å². The Bertz CT molecular complexity index is 900. The quantitative estimate of drug-likeness (QED) is 0.806. The highest BCUT2D eigenvalue weighted by molar-refractivity contribution is 7.23. The molecule has 0 radical (unpaired) electrons. The first-order chi connectivity index (χ1) is 14.2. The van der Waals surface area contributed by atoms with Crippen LogP contribution in [0.4, 0.5) is 15.6 Å². The minimum absolute atomic E-state index is 0.290. The highest BCUT2D eigenvalue weighted by Gasteiger charge is 2.35. The fourth-order valence-electron chi connectivity index (χ4n) is 4.25. The number of anilines is 2. The average molecular weight is 420 g/mol. The number of methoxy groups -OCH3 is 1. The van der Waals surface area contributed by atoms with Crippen LogP contribution in [-0.2, 0) is 9.57 Å². The van der Waals surface area contributed by atoms with E-state index in [1.165, 1.54) is 11.3 Å². The zero-order valence-electron chi connectivity index (χ0n) is 16.4. The number of hydroxylamine groups is 2. The van der Waals surface area contributed by atoms with Crippen molar-refractivity contribution in [1.29, 1.82) is 0 Å². The molecule has 1 aromatic heterocycles. The molecule has 3 saturated heterocycles. The second-order valence-corrected chi connectivity index (χ2v) is 8.47. The number of carbonyl (C=O) groups excluding carboxylic acids is 1. The van der Waals surface area contributed by atoms with E-state index < -0.39 is 6.09 Å². The Kier molecular flexibility index (Phi) is 5.17. The Hall–Kier alpha value is -2.14. The number of fused-ring (bicyclic) bond motifs is 3. The Labute approximate surface area is 173 Å². The minimum Gasteiger partial charge on any atom is -0.494 e. The summed E-state index contributed by atoms with van der Waals surface area (Å²) in [6, 6.07) is 4.26. The number of carbonyl (C=O) groups is 1. The summed E-state index contributed by atoms with van der Waals surface area (Å²) in [4.78, 5) is 27.4. The Morgan fingerprint density at radius 2 is 2.10 bits per heavy atom. The molecule has 2 bridgehead atoms. The number of aromatic nitrogens is 1. The zero-order valence-corrected chi connectivity index (χ0v) is 17.2. The second kappa shape index (κ2) is 7.94. The number of amides is 1. The van der Waals surface area contributed by atoms with E-state index in [2.05, 4.69) is 20.1 Å². The maximum atomic E-state index is 12.5. The van der Waals surface area contributed by atoms with Gasteiger partial charge in [0.15, 0.2) is 5.13 Å². The lowest BCUT2D eigenvalue weighted by Crippen LogP contribution is -2.47. The van der Waals surface area contributed by atoms with Gasteiger partial charge in [0.05, 0.1) is 36.8 Å². The van der Waals surface area contributed by atoms with Crippen molar-refractivity contribution < 1.29 is 19.1 Å². The van der Waals surface area contributed by atoms with Gasteiger partial charge in [-0.2, -0.15) is 0 Å². The number of nitrogens with zero attached hydrogens (tertiary/aromatic N) is 4. The second-order valence-electron chi connectivity index (χ2n) is 7.47. The molecule has 0 spiro atoms. The largest absolute Gasteiger partial charge is 0.494 e. The Morgan fingerprint density at radius 3 is 2.93 bits per heavy atom. The number of hydrogen-bond acceptors (Lipinski definition) is 9. The lowest BCUT2D eigenvalue weighted by molar-refractivity contribution is -0.136. The molecule has 1 N–H and O–H groups in total. The molecule has 3 aliphatic heterocycles. The molecule has 9 nitrogen and oxygen atoms in total. The number of thiazole rings is 1. The Balaban J connectivity index is 1.35. The number of rotatable bonds is 4. The van der Waals surface area contributed by atoms with Gasteiger partial charge in [-0.3, -0.25) is 5.32 Å². The topological polar surface area (TPSA) is 79.4 Å². The van der Waals surface area contributed by atoms with E-state index in [0.717, 1.165) is 61.6 Å². The van der Waals surface area contributed by atoms with Crippen LogP contribution in [0, 0.1) is 0 Å². The highest BCUT2D eigenvalue weighted by Crippen LogP contribution is 2.39. The molecule has 29 heavy (non-hydrogen) atoms. The minimum atomic E-state index is -0.490. The van der Waals surface area contributed by atoms with E-state index in [1.54, 1.807) is 7.11 Å². The van der Waals surface area contributed by atoms with Crippen molar-refractivity contribution in [2.75, 3.05) is 69.8 Å². The predicted molar refractivity (Wildman–Crippen MR) is 111 cm³/mol. The SMILES string of the molecule is COc1ccc(N2CCOCC2)c2sc(NC(=O)ON3CCN4CCC3C4)nc12. The van der Waals surface area contributed by atoms with E-state index in [4.69, 9.17) is 14.3 Å². The molecule has 2 aromatic rings. The van der Waals surface area contributed by atoms with Gasteiger partial charge in [-0.25, -0.2) is 9.78 Å². The van der Waals surface area contributed by atoms with Crippen molar-refractivity contribution in [2.24, 2.45) is 0 Å². The molecule has 156 valence electrons. The summed E-state index contributed by atoms with van der Waals surface area (Å²) in [5.74, 6) is 0.691. The van der Waals surface area contributed by atoms with E-state index in [0.29, 0.717) is 24.1 Å². The van der Waals surface area contributed by atoms with Gasteiger partial charge < -0.3 is 24.1 Å². The van der Waals surface area contributed by atoms with E-state index in [-0.39, 0.29) is 6.04 Å². The molecule has 2 atom stereocenters. The highest BCUT2D eigenvalue weighted by atomic mass is 32.1. The first kappa shape index (κ1) is 18.9. The fourth-order valence-corrected chi connectivity index (χ4v) is 5.26. The van der Waals surface area contributed by atoms with Crippen LogP contribution in [-0.4, -0.2) is 86.7 Å². The zero-order chi connectivity index (χ0) is 19.8. The van der Waals surface area contributed by atoms with Crippen molar-refractivity contribution in [3.63, 3.8) is 0 Å². The summed E-state index contributed by atoms with van der Waals surface area (Å²) in [7, 11) is 1.63. The van der Waals surface area contributed by atoms with Crippen LogP contribution in [0.1, 0.15) is 6.42 Å². The molecule has 0 aliphatic carbocycles. The van der Waals surface area contributed by atoms with E-state index in [9.17, 15) is 4.79 Å². The molecule has 1 aromatic carbocycles. The number of benzene rings is 1. The summed E-state index contributed by atoms with van der Waals surface area (Å²) >= 11 is 1.44. The maximum absolute atomic E-state index is 12.5. The standard InChI is InChI=1S/C19H25N5O4S/c1-26-15-3-2-14(23-8-10-27-11-9-23)17-16(15)20-18(29-17)21-19(25)28-24-7-6-22-5-4-13(24)12-22/h2-3,13H,4-12H2,1H3,(H,20,21,25). The van der Waals surface area contributed by atoms with Crippen molar-refractivity contribution in [1.82, 2.24) is 14.9 Å². The van der Waals surface area contributed by atoms with Gasteiger partial charge in [-0.05, 0) is 25.1 Å². The third-order valence-electron chi connectivity index (χ3n) is 5.76. The summed E-state index contributed by atoms with van der Waals surface area (Å²) in [5, 5.41) is 5.13. The summed E-state index contributed by atoms with van der Waals surface area (Å²) < 4.78 is 11.9. The fraction of sp³-hybridized carbons (Fsp3) is 0.579. The van der Waals surface area contributed by atoms with Crippen molar-refractivity contribution >= 4 is 38.5 Å². The van der Waals surface area contributed by atoms with Gasteiger partial charge in [-0.1, -0.05) is 11.3 Å². The molecule has 4 heterocycles. The van der Waals surface area contributed by atoms with Gasteiger partial charge >= 0.3 is 6.09 Å². The van der Waals surface area contributed by atoms with E-state index in [1.807, 2.05) is 17.2 Å². The number of piperazine rings is 1. The lowest BCUT2D eigenvalue weighted by atomic mass is 10.2. The predicted octanol–water partition coefficient (Wildman–Crippen LogP) is 1.99. The van der Waals surface area contributed by atoms with Gasteiger partial charge in [0, 0.05) is 32.7 Å². The van der Waals surface area contributed by atoms with Crippen molar-refractivity contribution in [2.45, 2.75) is 12.5 Å². The molecule has 3 fully saturated rings. The molecular formula is C19H25N5O4S. The molecule has 3 aliphatic rings. The molecule has 2 unspecified atom stereocenters. The van der Waals surface area contributed by atoms with Crippen LogP contribution >= 0.6 is 11.3 Å². The van der Waals surface area contributed by atoms with Gasteiger partial charge in [0.1, 0.15) is 11.3 Å². The van der Waals surface area contributed by atoms with Crippen LogP contribution in [0.3, 0.4) is 0 Å². The Morgan fingerprint density at radius 1 is 1.24 bits per heavy atom. The van der Waals surface area contributed by atoms with Crippen LogP contribution in [0.2, 0.25) is 0 Å². The normalized spacial score (nSPS) is 24.7. The summed E-state index contributed by atoms with van der Waals surface area (Å²) in [5.41, 5.74) is 1.84. The molecule has 0 saturated carbocycles. The number of morpholine rings is 1. The van der Waals surface area contributed by atoms with Crippen LogP contribution in [0.25, 0.3) is 10.2 Å². The first-order valence-corrected chi connectivity index (χ1v) is 10.8. The van der Waals surface area contributed by atoms with Crippen LogP contribution in [0.5, 0.6) is 5.75 Å². The van der Waals surface area contributed by atoms with Gasteiger partial charge in [0.25, 0.3) is 0 Å². The molecule has 5 rings (SSSR count). The number of hydrogen-bond donors (Lipinski definition) is 1. The summed E-state index contributed by atoms with van der Waals surface area (Å²) in [6.45, 7) is 6.80. The smallest absolute Gasteiger partial charge is 0.432 e. The molecule has 10 heteroatoms. The third kappa shape index (κ3) is 3.73. The summed E-state index contributed by atoms with van der Waals surface area (Å²) in [6.07, 6.45) is 0.547. The maximum Gasteiger partial charge on any atom is 0.432 e. The van der Waals surface area contributed by atoms with E-state index >= 15 is 0 Å². The van der Waals surface area contributed by atoms with Crippen LogP contribution < -0.4 is 15.0 Å². The van der Waals surface area contributed by atoms with Gasteiger partial charge in [-0.15, -0.1) is 5.06 Å². The first-order valence-electron chi connectivity index (χ1n) is 9.99. The number of ether oxygens (including phenoxy) is 2. The van der Waals surface area contributed by atoms with Crippen LogP contribution in [0.15, 0.2) is 12.1 Å². The van der Waals surface area contributed by atoms with Gasteiger partial charge in [0.2, 0.25) is 0 Å². The monoisotopic (exact) mass is 419 g/mol. The molecular weight excluding hydrogens is 394 g/mol. The van der Waals surface area contributed by atoms with Crippen molar-refractivity contribution in [3.05, 3.63) is 12.1 Å².